The van der Waals surface area contributed by atoms with E-state index >= 15 is 0 Å². The fourth-order valence-corrected chi connectivity index (χ4v) is 2.51. The smallest absolute Gasteiger partial charge is 0.180 e. The highest BCUT2D eigenvalue weighted by molar-refractivity contribution is 5.18. The Morgan fingerprint density at radius 3 is 1.96 bits per heavy atom. The largest absolute Gasteiger partial charge is 0.365 e. The van der Waals surface area contributed by atoms with E-state index in [1.54, 1.807) is 7.05 Å². The normalized spacial score (nSPS) is 19.4. The third-order valence-corrected chi connectivity index (χ3v) is 3.38. The quantitative estimate of drug-likeness (QED) is 0.184. The molecule has 0 aromatic heterocycles. The number of likely N-dealkylation sites (N-methyl/N-ethyl adjacent to an activating group) is 2. The van der Waals surface area contributed by atoms with E-state index in [4.69, 9.17) is 11.7 Å². The lowest BCUT2D eigenvalue weighted by molar-refractivity contribution is -0.0392. The van der Waals surface area contributed by atoms with E-state index in [0.29, 0.717) is 11.6 Å². The van der Waals surface area contributed by atoms with Crippen molar-refractivity contribution >= 4 is 0 Å². The van der Waals surface area contributed by atoms with Crippen LogP contribution in [-0.4, -0.2) is 58.5 Å². The first-order valence-corrected chi connectivity index (χ1v) is 7.63. The molecule has 0 aromatic carbocycles. The molecule has 6 N–H and O–H groups in total. The van der Waals surface area contributed by atoms with Crippen LogP contribution in [0.5, 0.6) is 0 Å². The highest BCUT2D eigenvalue weighted by Gasteiger charge is 2.46. The number of rotatable bonds is 9. The van der Waals surface area contributed by atoms with Gasteiger partial charge in [0, 0.05) is 26.2 Å². The molecule has 0 aromatic rings. The Hall–Kier alpha value is -2.18. The monoisotopic (exact) mass is 344 g/mol. The number of hydrogen-bond acceptors (Lipinski definition) is 10. The first kappa shape index (κ1) is 19.9. The average molecular weight is 344 g/mol. The van der Waals surface area contributed by atoms with Crippen LogP contribution >= 0.6 is 0 Å². The Morgan fingerprint density at radius 1 is 1.08 bits per heavy atom. The van der Waals surface area contributed by atoms with Gasteiger partial charge in [0.15, 0.2) is 24.0 Å². The molecule has 138 valence electrons. The SMILES string of the molecule is CC(C)NC1=C(NC(C)C)N(N=O)C(C(N(C)N)N(C)N=O)N1N. The van der Waals surface area contributed by atoms with Crippen LogP contribution in [0.25, 0.3) is 0 Å². The Labute approximate surface area is 141 Å². The first-order chi connectivity index (χ1) is 11.1. The molecule has 0 saturated carbocycles. The molecule has 0 aliphatic carbocycles. The van der Waals surface area contributed by atoms with Crippen LogP contribution in [0.15, 0.2) is 22.2 Å². The molecule has 0 bridgehead atoms. The molecule has 12 heteroatoms. The Bertz CT molecular complexity index is 480. The Balaban J connectivity index is 3.34. The number of nitroso groups, excluding NO2 is 2. The van der Waals surface area contributed by atoms with Gasteiger partial charge < -0.3 is 10.6 Å². The van der Waals surface area contributed by atoms with Gasteiger partial charge in [-0.1, -0.05) is 0 Å². The van der Waals surface area contributed by atoms with E-state index in [2.05, 4.69) is 21.2 Å². The predicted molar refractivity (Wildman–Crippen MR) is 90.3 cm³/mol. The molecule has 1 aliphatic heterocycles. The van der Waals surface area contributed by atoms with Gasteiger partial charge in [0.2, 0.25) is 0 Å². The minimum atomic E-state index is -0.859. The zero-order valence-corrected chi connectivity index (χ0v) is 15.0. The van der Waals surface area contributed by atoms with Gasteiger partial charge in [-0.3, -0.25) is 10.9 Å². The second kappa shape index (κ2) is 8.08. The van der Waals surface area contributed by atoms with Crippen molar-refractivity contribution in [3.05, 3.63) is 21.5 Å². The zero-order chi connectivity index (χ0) is 18.6. The van der Waals surface area contributed by atoms with Gasteiger partial charge in [-0.25, -0.2) is 15.9 Å². The molecule has 0 amide bonds. The molecule has 0 spiro atoms. The number of hydrogen-bond donors (Lipinski definition) is 4. The van der Waals surface area contributed by atoms with Crippen LogP contribution in [-0.2, 0) is 0 Å². The molecule has 1 aliphatic rings. The fraction of sp³-hybridized carbons (Fsp3) is 0.833. The summed E-state index contributed by atoms with van der Waals surface area (Å²) in [4.78, 5) is 22.5. The molecular formula is C12H28N10O2. The summed E-state index contributed by atoms with van der Waals surface area (Å²) in [6.45, 7) is 7.71. The third-order valence-electron chi connectivity index (χ3n) is 3.38. The molecule has 0 fully saturated rings. The van der Waals surface area contributed by atoms with Crippen LogP contribution in [0.4, 0.5) is 0 Å². The van der Waals surface area contributed by atoms with Gasteiger partial charge in [0.05, 0.1) is 10.6 Å². The summed E-state index contributed by atoms with van der Waals surface area (Å²) in [5.74, 6) is 13.0. The van der Waals surface area contributed by atoms with Crippen LogP contribution in [0, 0.1) is 9.81 Å². The molecule has 2 atom stereocenters. The summed E-state index contributed by atoms with van der Waals surface area (Å²) in [7, 11) is 2.99. The van der Waals surface area contributed by atoms with Crippen LogP contribution in [0.1, 0.15) is 27.7 Å². The number of hydrazine groups is 2. The third kappa shape index (κ3) is 4.01. The lowest BCUT2D eigenvalue weighted by Gasteiger charge is -2.38. The first-order valence-electron chi connectivity index (χ1n) is 7.63. The van der Waals surface area contributed by atoms with E-state index in [0.717, 1.165) is 10.0 Å². The average Bonchev–Trinajstić information content (AvgIpc) is 2.71. The predicted octanol–water partition coefficient (Wildman–Crippen LogP) is -0.647. The van der Waals surface area contributed by atoms with Crippen LogP contribution in [0.3, 0.4) is 0 Å². The summed E-state index contributed by atoms with van der Waals surface area (Å²) in [6.07, 6.45) is -1.68. The van der Waals surface area contributed by atoms with Crippen LogP contribution < -0.4 is 22.3 Å². The highest BCUT2D eigenvalue weighted by atomic mass is 16.3. The Morgan fingerprint density at radius 2 is 1.58 bits per heavy atom. The van der Waals surface area contributed by atoms with Crippen molar-refractivity contribution in [1.82, 2.24) is 30.7 Å². The Kier molecular flexibility index (Phi) is 6.69. The van der Waals surface area contributed by atoms with Gasteiger partial charge in [-0.2, -0.15) is 5.01 Å². The maximum absolute atomic E-state index is 11.5. The highest BCUT2D eigenvalue weighted by Crippen LogP contribution is 2.29. The van der Waals surface area contributed by atoms with Crippen molar-refractivity contribution in [2.75, 3.05) is 14.1 Å². The lowest BCUT2D eigenvalue weighted by atomic mass is 10.3. The van der Waals surface area contributed by atoms with Gasteiger partial charge in [0.1, 0.15) is 0 Å². The lowest BCUT2D eigenvalue weighted by Crippen LogP contribution is -2.63. The summed E-state index contributed by atoms with van der Waals surface area (Å²) in [5, 5.41) is 17.1. The molecule has 24 heavy (non-hydrogen) atoms. The van der Waals surface area contributed by atoms with E-state index in [1.165, 1.54) is 17.1 Å². The second-order valence-electron chi connectivity index (χ2n) is 6.28. The maximum atomic E-state index is 11.5. The van der Waals surface area contributed by atoms with E-state index in [-0.39, 0.29) is 12.1 Å². The second-order valence-corrected chi connectivity index (χ2v) is 6.28. The molecule has 0 radical (unpaired) electrons. The molecule has 12 nitrogen and oxygen atoms in total. The zero-order valence-electron chi connectivity index (χ0n) is 15.0. The summed E-state index contributed by atoms with van der Waals surface area (Å²) in [5.41, 5.74) is 0. The summed E-state index contributed by atoms with van der Waals surface area (Å²) in [6, 6.07) is 0.0783. The number of nitrogens with zero attached hydrogens (tertiary/aromatic N) is 6. The summed E-state index contributed by atoms with van der Waals surface area (Å²) >= 11 is 0. The van der Waals surface area contributed by atoms with Crippen molar-refractivity contribution in [3.63, 3.8) is 0 Å². The van der Waals surface area contributed by atoms with E-state index in [9.17, 15) is 9.81 Å². The fourth-order valence-electron chi connectivity index (χ4n) is 2.51. The molecular weight excluding hydrogens is 316 g/mol. The van der Waals surface area contributed by atoms with E-state index < -0.39 is 12.3 Å². The minimum Gasteiger partial charge on any atom is -0.365 e. The molecule has 0 saturated heterocycles. The standard InChI is InChI=1S/C12H28N10O2/c1-7(2)15-9-10(16-8(3)4)22(18-24)12(21(9)14)11(19(5)13)20(6)17-23/h7-8,11-12,15-16H,13-14H2,1-6H3. The van der Waals surface area contributed by atoms with Crippen molar-refractivity contribution < 1.29 is 0 Å². The van der Waals surface area contributed by atoms with Gasteiger partial charge in [-0.15, -0.1) is 9.81 Å². The summed E-state index contributed by atoms with van der Waals surface area (Å²) < 4.78 is 0. The topological polar surface area (TPSA) is 148 Å². The maximum Gasteiger partial charge on any atom is 0.180 e. The van der Waals surface area contributed by atoms with Gasteiger partial charge in [0.25, 0.3) is 0 Å². The van der Waals surface area contributed by atoms with Crippen molar-refractivity contribution in [1.29, 1.82) is 0 Å². The van der Waals surface area contributed by atoms with Gasteiger partial charge in [-0.05, 0) is 27.7 Å². The molecule has 2 unspecified atom stereocenters. The van der Waals surface area contributed by atoms with Crippen LogP contribution in [0.2, 0.25) is 0 Å². The van der Waals surface area contributed by atoms with Crippen molar-refractivity contribution in [2.45, 2.75) is 52.1 Å². The number of nitrogens with one attached hydrogen (secondary N) is 2. The molecule has 1 heterocycles. The minimum absolute atomic E-state index is 0.0244. The van der Waals surface area contributed by atoms with E-state index in [1.807, 2.05) is 27.7 Å². The van der Waals surface area contributed by atoms with Crippen molar-refractivity contribution in [3.8, 4) is 0 Å². The number of nitrogens with two attached hydrogens (primary N) is 2. The van der Waals surface area contributed by atoms with Gasteiger partial charge >= 0.3 is 0 Å². The van der Waals surface area contributed by atoms with Crippen molar-refractivity contribution in [2.24, 2.45) is 22.3 Å². The molecule has 1 rings (SSSR count).